The molecule has 3 heterocycles. The van der Waals surface area contributed by atoms with Gasteiger partial charge in [-0.05, 0) is 63.5 Å². The molecule has 1 N–H and O–H groups in total. The Morgan fingerprint density at radius 2 is 2.11 bits per heavy atom. The molecule has 0 radical (unpaired) electrons. The van der Waals surface area contributed by atoms with Gasteiger partial charge in [0.15, 0.2) is 5.65 Å². The molecule has 1 amide bonds. The number of nitrogens with one attached hydrogen (secondary N) is 1. The summed E-state index contributed by atoms with van der Waals surface area (Å²) < 4.78 is 29.8. The highest BCUT2D eigenvalue weighted by molar-refractivity contribution is 5.99. The number of likely N-dealkylation sites (N-methyl/N-ethyl adjacent to an activating group) is 1. The van der Waals surface area contributed by atoms with Gasteiger partial charge in [0.05, 0.1) is 18.8 Å². The van der Waals surface area contributed by atoms with Gasteiger partial charge in [-0.15, -0.1) is 0 Å². The van der Waals surface area contributed by atoms with Crippen LogP contribution in [0.4, 0.5) is 14.6 Å². The van der Waals surface area contributed by atoms with Crippen LogP contribution >= 0.6 is 0 Å². The Morgan fingerprint density at radius 1 is 1.26 bits per heavy atom. The molecule has 1 fully saturated rings. The number of hydrogen-bond acceptors (Lipinski definition) is 6. The number of hydrogen-bond donors (Lipinski definition) is 1. The SMILES string of the molecule is CN(CC=O)CCCCCNC(=O)c1cnn2ccc(N3CCCC3c3cc(F)ccc3F)nc12. The number of nitrogens with zero attached hydrogens (tertiary/aromatic N) is 5. The average Bonchev–Trinajstić information content (AvgIpc) is 3.50. The van der Waals surface area contributed by atoms with Gasteiger partial charge in [-0.1, -0.05) is 6.42 Å². The van der Waals surface area contributed by atoms with Gasteiger partial charge in [0.2, 0.25) is 0 Å². The monoisotopic (exact) mass is 484 g/mol. The molecule has 3 aromatic rings. The molecule has 0 bridgehead atoms. The Bertz CT molecular complexity index is 1180. The van der Waals surface area contributed by atoms with Crippen LogP contribution in [0.25, 0.3) is 5.65 Å². The maximum absolute atomic E-state index is 14.5. The molecule has 2 aromatic heterocycles. The number of rotatable bonds is 11. The van der Waals surface area contributed by atoms with E-state index in [4.69, 9.17) is 0 Å². The Morgan fingerprint density at radius 3 is 2.94 bits per heavy atom. The molecule has 10 heteroatoms. The molecular formula is C25H30F2N6O2. The third kappa shape index (κ3) is 5.82. The number of anilines is 1. The van der Waals surface area contributed by atoms with Gasteiger partial charge in [0.25, 0.3) is 5.91 Å². The molecule has 0 aliphatic carbocycles. The zero-order chi connectivity index (χ0) is 24.8. The van der Waals surface area contributed by atoms with Crippen molar-refractivity contribution in [3.8, 4) is 0 Å². The third-order valence-corrected chi connectivity index (χ3v) is 6.35. The maximum Gasteiger partial charge on any atom is 0.256 e. The first kappa shape index (κ1) is 24.7. The Balaban J connectivity index is 1.42. The number of benzene rings is 1. The molecule has 0 spiro atoms. The average molecular weight is 485 g/mol. The molecule has 1 aliphatic heterocycles. The van der Waals surface area contributed by atoms with Crippen LogP contribution in [-0.4, -0.2) is 64.9 Å². The lowest BCUT2D eigenvalue weighted by atomic mass is 10.0. The van der Waals surface area contributed by atoms with E-state index in [0.29, 0.717) is 48.6 Å². The van der Waals surface area contributed by atoms with Gasteiger partial charge in [-0.25, -0.2) is 18.3 Å². The highest BCUT2D eigenvalue weighted by Gasteiger charge is 2.30. The smallest absolute Gasteiger partial charge is 0.256 e. The van der Waals surface area contributed by atoms with Crippen LogP contribution in [0, 0.1) is 11.6 Å². The minimum absolute atomic E-state index is 0.253. The van der Waals surface area contributed by atoms with Crippen molar-refractivity contribution < 1.29 is 18.4 Å². The summed E-state index contributed by atoms with van der Waals surface area (Å²) in [4.78, 5) is 31.9. The lowest BCUT2D eigenvalue weighted by Gasteiger charge is -2.26. The van der Waals surface area contributed by atoms with Crippen LogP contribution in [-0.2, 0) is 4.79 Å². The van der Waals surface area contributed by atoms with Crippen molar-refractivity contribution in [3.05, 3.63) is 59.4 Å². The quantitative estimate of drug-likeness (QED) is 0.332. The lowest BCUT2D eigenvalue weighted by Crippen LogP contribution is -2.26. The first-order chi connectivity index (χ1) is 17.0. The fourth-order valence-corrected chi connectivity index (χ4v) is 4.51. The van der Waals surface area contributed by atoms with Crippen molar-refractivity contribution >= 4 is 23.7 Å². The second-order valence-corrected chi connectivity index (χ2v) is 8.87. The number of aromatic nitrogens is 3. The zero-order valence-electron chi connectivity index (χ0n) is 19.8. The normalized spacial score (nSPS) is 15.8. The second kappa shape index (κ2) is 11.4. The van der Waals surface area contributed by atoms with E-state index in [-0.39, 0.29) is 11.9 Å². The largest absolute Gasteiger partial charge is 0.352 e. The zero-order valence-corrected chi connectivity index (χ0v) is 19.8. The van der Waals surface area contributed by atoms with Crippen LogP contribution in [0.1, 0.15) is 54.1 Å². The van der Waals surface area contributed by atoms with E-state index in [0.717, 1.165) is 50.6 Å². The molecule has 4 rings (SSSR count). The molecule has 1 aromatic carbocycles. The van der Waals surface area contributed by atoms with E-state index >= 15 is 0 Å². The maximum atomic E-state index is 14.5. The van der Waals surface area contributed by atoms with Crippen molar-refractivity contribution in [2.45, 2.75) is 38.1 Å². The molecule has 186 valence electrons. The van der Waals surface area contributed by atoms with E-state index in [1.165, 1.54) is 16.8 Å². The number of amides is 1. The van der Waals surface area contributed by atoms with Crippen molar-refractivity contribution in [3.63, 3.8) is 0 Å². The summed E-state index contributed by atoms with van der Waals surface area (Å²) in [7, 11) is 1.90. The molecule has 35 heavy (non-hydrogen) atoms. The number of fused-ring (bicyclic) bond motifs is 1. The standard InChI is InChI=1S/C25H30F2N6O2/c1-31(14-15-34)11-4-2-3-10-28-25(35)20-17-29-33-13-9-23(30-24(20)33)32-12-5-6-22(32)19-16-18(26)7-8-21(19)27/h7-9,13,15-17,22H,2-6,10-12,14H2,1H3,(H,28,35). The highest BCUT2D eigenvalue weighted by atomic mass is 19.1. The van der Waals surface area contributed by atoms with Crippen LogP contribution in [0.5, 0.6) is 0 Å². The Hall–Kier alpha value is -3.40. The van der Waals surface area contributed by atoms with E-state index in [1.807, 2.05) is 16.8 Å². The molecular weight excluding hydrogens is 454 g/mol. The Kier molecular flexibility index (Phi) is 8.02. The van der Waals surface area contributed by atoms with Crippen LogP contribution in [0.15, 0.2) is 36.7 Å². The second-order valence-electron chi connectivity index (χ2n) is 8.87. The molecule has 1 unspecified atom stereocenters. The van der Waals surface area contributed by atoms with Gasteiger partial charge in [-0.2, -0.15) is 5.10 Å². The van der Waals surface area contributed by atoms with Crippen molar-refractivity contribution in [1.82, 2.24) is 24.8 Å². The first-order valence-electron chi connectivity index (χ1n) is 11.9. The van der Waals surface area contributed by atoms with Crippen molar-refractivity contribution in [2.24, 2.45) is 0 Å². The minimum Gasteiger partial charge on any atom is -0.352 e. The number of unbranched alkanes of at least 4 members (excludes halogenated alkanes) is 2. The molecule has 0 saturated carbocycles. The van der Waals surface area contributed by atoms with Gasteiger partial charge in [0, 0.05) is 24.8 Å². The number of halogens is 2. The van der Waals surface area contributed by atoms with E-state index < -0.39 is 11.6 Å². The predicted octanol–water partition coefficient (Wildman–Crippen LogP) is 3.38. The van der Waals surface area contributed by atoms with Gasteiger partial charge in [-0.3, -0.25) is 9.69 Å². The third-order valence-electron chi connectivity index (χ3n) is 6.35. The van der Waals surface area contributed by atoms with Crippen molar-refractivity contribution in [1.29, 1.82) is 0 Å². The number of carbonyl (C=O) groups excluding carboxylic acids is 2. The highest BCUT2D eigenvalue weighted by Crippen LogP contribution is 2.36. The van der Waals surface area contributed by atoms with Gasteiger partial charge < -0.3 is 15.0 Å². The summed E-state index contributed by atoms with van der Waals surface area (Å²) in [6, 6.07) is 4.96. The summed E-state index contributed by atoms with van der Waals surface area (Å²) in [6.45, 7) is 2.45. The van der Waals surface area contributed by atoms with E-state index in [2.05, 4.69) is 15.4 Å². The Labute approximate surface area is 202 Å². The molecule has 8 nitrogen and oxygen atoms in total. The molecule has 1 aliphatic rings. The van der Waals surface area contributed by atoms with Crippen LogP contribution < -0.4 is 10.2 Å². The molecule has 1 saturated heterocycles. The summed E-state index contributed by atoms with van der Waals surface area (Å²) in [5.74, 6) is -0.571. The lowest BCUT2D eigenvalue weighted by molar-refractivity contribution is -0.108. The van der Waals surface area contributed by atoms with Gasteiger partial charge in [0.1, 0.15) is 29.3 Å². The fraction of sp³-hybridized carbons (Fsp3) is 0.440. The van der Waals surface area contributed by atoms with Crippen LogP contribution in [0.2, 0.25) is 0 Å². The number of aldehydes is 1. The number of carbonyl (C=O) groups is 2. The first-order valence-corrected chi connectivity index (χ1v) is 11.9. The summed E-state index contributed by atoms with van der Waals surface area (Å²) >= 11 is 0. The summed E-state index contributed by atoms with van der Waals surface area (Å²) in [6.07, 6.45) is 8.33. The molecule has 1 atom stereocenters. The van der Waals surface area contributed by atoms with Crippen LogP contribution in [0.3, 0.4) is 0 Å². The van der Waals surface area contributed by atoms with E-state index in [9.17, 15) is 18.4 Å². The van der Waals surface area contributed by atoms with E-state index in [1.54, 1.807) is 12.3 Å². The minimum atomic E-state index is -0.473. The van der Waals surface area contributed by atoms with Gasteiger partial charge >= 0.3 is 0 Å². The topological polar surface area (TPSA) is 82.8 Å². The summed E-state index contributed by atoms with van der Waals surface area (Å²) in [5, 5.41) is 7.16. The fourth-order valence-electron chi connectivity index (χ4n) is 4.51. The van der Waals surface area contributed by atoms with Crippen molar-refractivity contribution in [2.75, 3.05) is 38.1 Å². The summed E-state index contributed by atoms with van der Waals surface area (Å²) in [5.41, 5.74) is 1.10. The predicted molar refractivity (Wildman–Crippen MR) is 128 cm³/mol.